The minimum atomic E-state index is -0.200. The van der Waals surface area contributed by atoms with Gasteiger partial charge >= 0.3 is 0 Å². The summed E-state index contributed by atoms with van der Waals surface area (Å²) in [6.07, 6.45) is 2.59. The van der Waals surface area contributed by atoms with E-state index in [0.29, 0.717) is 24.4 Å². The molecule has 0 aliphatic heterocycles. The summed E-state index contributed by atoms with van der Waals surface area (Å²) in [6, 6.07) is 4.09. The van der Waals surface area contributed by atoms with Gasteiger partial charge in [0, 0.05) is 39.3 Å². The molecule has 0 aromatic carbocycles. The van der Waals surface area contributed by atoms with Crippen molar-refractivity contribution in [1.82, 2.24) is 0 Å². The van der Waals surface area contributed by atoms with Gasteiger partial charge in [-0.3, -0.25) is 0 Å². The Labute approximate surface area is 140 Å². The monoisotopic (exact) mass is 338 g/mol. The maximum absolute atomic E-state index is 10.1. The summed E-state index contributed by atoms with van der Waals surface area (Å²) in [5.74, 6) is 1.41. The molecule has 0 spiro atoms. The Morgan fingerprint density at radius 2 is 2.33 bits per heavy atom. The molecule has 18 heavy (non-hydrogen) atoms. The largest absolute Gasteiger partial charge is 0.448 e. The van der Waals surface area contributed by atoms with E-state index in [1.165, 1.54) is 4.88 Å². The van der Waals surface area contributed by atoms with E-state index in [9.17, 15) is 5.11 Å². The fraction of sp³-hybridized carbons (Fsp3) is 0.692. The van der Waals surface area contributed by atoms with Crippen molar-refractivity contribution in [2.24, 2.45) is 17.8 Å². The number of thiophene rings is 1. The van der Waals surface area contributed by atoms with Gasteiger partial charge in [-0.25, -0.2) is 6.07 Å². The molecule has 4 unspecified atom stereocenters. The standard InChI is InChI=1S/C13H18BO2S.Y/c1-9-7-13(15)11(4-5-16-14)12(9)8-10-3-2-6-17-10;/h2-3,9,11-13,15H,4-5,7-8H2,1H3;/q-1;. The number of hydrogen-bond acceptors (Lipinski definition) is 3. The molecule has 1 N–H and O–H groups in total. The summed E-state index contributed by atoms with van der Waals surface area (Å²) in [7, 11) is 5.08. The maximum atomic E-state index is 10.1. The molecule has 0 amide bonds. The first-order chi connectivity index (χ1) is 8.22. The van der Waals surface area contributed by atoms with Crippen LogP contribution in [0.3, 0.4) is 0 Å². The van der Waals surface area contributed by atoms with E-state index < -0.39 is 0 Å². The Balaban J connectivity index is 0.00000162. The van der Waals surface area contributed by atoms with Gasteiger partial charge < -0.3 is 21.1 Å². The van der Waals surface area contributed by atoms with Crippen molar-refractivity contribution in [2.45, 2.75) is 32.3 Å². The van der Waals surface area contributed by atoms with Crippen LogP contribution in [0.25, 0.3) is 0 Å². The van der Waals surface area contributed by atoms with Gasteiger partial charge in [0.05, 0.1) is 6.10 Å². The minimum absolute atomic E-state index is 0. The topological polar surface area (TPSA) is 29.5 Å². The van der Waals surface area contributed by atoms with Gasteiger partial charge in [-0.15, -0.1) is 10.3 Å². The Morgan fingerprint density at radius 3 is 2.94 bits per heavy atom. The smallest absolute Gasteiger partial charge is 0.282 e. The molecule has 4 atom stereocenters. The zero-order valence-corrected chi connectivity index (χ0v) is 14.4. The maximum Gasteiger partial charge on any atom is 0.282 e. The fourth-order valence-electron chi connectivity index (χ4n) is 3.01. The summed E-state index contributed by atoms with van der Waals surface area (Å²) < 4.78 is 4.66. The van der Waals surface area contributed by atoms with E-state index in [0.717, 1.165) is 19.3 Å². The molecule has 1 aliphatic carbocycles. The third kappa shape index (κ3) is 4.14. The summed E-state index contributed by atoms with van der Waals surface area (Å²) >= 11 is 1.68. The van der Waals surface area contributed by atoms with Gasteiger partial charge in [0.2, 0.25) is 0 Å². The summed E-state index contributed by atoms with van der Waals surface area (Å²) in [5, 5.41) is 13.2. The molecule has 0 bridgehead atoms. The van der Waals surface area contributed by atoms with Crippen molar-refractivity contribution < 1.29 is 42.5 Å². The van der Waals surface area contributed by atoms with Gasteiger partial charge in [-0.2, -0.15) is 6.07 Å². The second-order valence-corrected chi connectivity index (χ2v) is 5.96. The predicted molar refractivity (Wildman–Crippen MR) is 69.9 cm³/mol. The fourth-order valence-corrected chi connectivity index (χ4v) is 3.71. The van der Waals surface area contributed by atoms with Gasteiger partial charge in [0.25, 0.3) is 8.05 Å². The molecule has 3 radical (unpaired) electrons. The third-order valence-corrected chi connectivity index (χ3v) is 4.74. The molecular formula is C13H18BO2SY-. The van der Waals surface area contributed by atoms with Crippen molar-refractivity contribution in [2.75, 3.05) is 6.61 Å². The van der Waals surface area contributed by atoms with Crippen LogP contribution in [0.5, 0.6) is 0 Å². The van der Waals surface area contributed by atoms with E-state index in [1.54, 1.807) is 11.3 Å². The molecule has 1 fully saturated rings. The van der Waals surface area contributed by atoms with Gasteiger partial charge in [-0.05, 0) is 30.6 Å². The van der Waals surface area contributed by atoms with Crippen molar-refractivity contribution in [3.05, 3.63) is 22.4 Å². The van der Waals surface area contributed by atoms with E-state index in [4.69, 9.17) is 8.05 Å². The van der Waals surface area contributed by atoms with E-state index in [2.05, 4.69) is 23.0 Å². The summed E-state index contributed by atoms with van der Waals surface area (Å²) in [4.78, 5) is 1.36. The molecule has 5 heteroatoms. The van der Waals surface area contributed by atoms with E-state index in [-0.39, 0.29) is 38.8 Å². The quantitative estimate of drug-likeness (QED) is 0.659. The first-order valence-electron chi connectivity index (χ1n) is 6.17. The van der Waals surface area contributed by atoms with Crippen LogP contribution in [0.15, 0.2) is 12.1 Å². The van der Waals surface area contributed by atoms with Crippen molar-refractivity contribution in [1.29, 1.82) is 0 Å². The van der Waals surface area contributed by atoms with Gasteiger partial charge in [0.1, 0.15) is 0 Å². The van der Waals surface area contributed by atoms with Crippen molar-refractivity contribution >= 4 is 19.4 Å². The zero-order chi connectivity index (χ0) is 12.3. The van der Waals surface area contributed by atoms with Crippen LogP contribution in [-0.4, -0.2) is 25.9 Å². The SMILES string of the molecule is [B]OCCC1C(O)CC(C)C1Cc1cc[c-]s1.[Y]. The molecule has 1 aromatic heterocycles. The number of rotatable bonds is 5. The molecule has 95 valence electrons. The first kappa shape index (κ1) is 16.8. The molecule has 1 aliphatic rings. The number of hydrogen-bond donors (Lipinski definition) is 1. The predicted octanol–water partition coefficient (Wildman–Crippen LogP) is 2.21. The Kier molecular flexibility index (Phi) is 7.63. The zero-order valence-electron chi connectivity index (χ0n) is 10.7. The Bertz CT molecular complexity index is 334. The normalized spacial score (nSPS) is 31.2. The molecule has 0 saturated heterocycles. The van der Waals surface area contributed by atoms with Crippen LogP contribution in [-0.2, 0) is 43.8 Å². The van der Waals surface area contributed by atoms with Crippen LogP contribution >= 0.6 is 11.3 Å². The second-order valence-electron chi connectivity index (χ2n) is 4.99. The van der Waals surface area contributed by atoms with Crippen molar-refractivity contribution in [3.8, 4) is 0 Å². The average Bonchev–Trinajstić information content (AvgIpc) is 2.88. The Morgan fingerprint density at radius 1 is 1.56 bits per heavy atom. The molecule has 2 rings (SSSR count). The average molecular weight is 338 g/mol. The van der Waals surface area contributed by atoms with Gasteiger partial charge in [0.15, 0.2) is 0 Å². The van der Waals surface area contributed by atoms with Gasteiger partial charge in [-0.1, -0.05) is 13.3 Å². The van der Waals surface area contributed by atoms with E-state index >= 15 is 0 Å². The van der Waals surface area contributed by atoms with Crippen LogP contribution in [0.4, 0.5) is 0 Å². The van der Waals surface area contributed by atoms with Crippen LogP contribution in [0, 0.1) is 23.1 Å². The number of aliphatic hydroxyl groups excluding tert-OH is 1. The van der Waals surface area contributed by atoms with Crippen LogP contribution in [0.1, 0.15) is 24.6 Å². The van der Waals surface area contributed by atoms with Crippen LogP contribution < -0.4 is 0 Å². The minimum Gasteiger partial charge on any atom is -0.448 e. The molecule has 1 heterocycles. The summed E-state index contributed by atoms with van der Waals surface area (Å²) in [6.45, 7) is 2.76. The second kappa shape index (κ2) is 8.16. The van der Waals surface area contributed by atoms with E-state index in [1.807, 2.05) is 6.07 Å². The molecular weight excluding hydrogens is 320 g/mol. The molecule has 2 nitrogen and oxygen atoms in total. The van der Waals surface area contributed by atoms with Crippen LogP contribution in [0.2, 0.25) is 0 Å². The third-order valence-electron chi connectivity index (χ3n) is 3.92. The number of aliphatic hydroxyl groups is 1. The summed E-state index contributed by atoms with van der Waals surface area (Å²) in [5.41, 5.74) is 0. The Hall–Kier alpha value is 0.789. The molecule has 1 saturated carbocycles. The first-order valence-corrected chi connectivity index (χ1v) is 6.98. The van der Waals surface area contributed by atoms with Crippen molar-refractivity contribution in [3.63, 3.8) is 0 Å². The molecule has 1 aromatic rings.